The maximum Gasteiger partial charge on any atom is 0.328 e. The molecule has 0 saturated heterocycles. The molecule has 0 aliphatic carbocycles. The van der Waals surface area contributed by atoms with Crippen molar-refractivity contribution in [1.29, 1.82) is 0 Å². The highest BCUT2D eigenvalue weighted by molar-refractivity contribution is 5.81. The Bertz CT molecular complexity index is 205. The lowest BCUT2D eigenvalue weighted by Gasteiger charge is -2.18. The molecule has 1 atom stereocenters. The summed E-state index contributed by atoms with van der Waals surface area (Å²) in [6.07, 6.45) is 2.13. The molecule has 0 aromatic heterocycles. The van der Waals surface area contributed by atoms with Crippen molar-refractivity contribution in [3.05, 3.63) is 18.4 Å². The Morgan fingerprint density at radius 2 is 2.33 bits per heavy atom. The van der Waals surface area contributed by atoms with Crippen LogP contribution in [0.3, 0.4) is 0 Å². The van der Waals surface area contributed by atoms with Crippen LogP contribution >= 0.6 is 0 Å². The summed E-state index contributed by atoms with van der Waals surface area (Å²) >= 11 is 0. The molecular formula is C8H14N2O2. The Kier molecular flexibility index (Phi) is 4.29. The standard InChI is InChI=1S/C8H14N2O2/c1-2-4-8(10,7(11)12)5-3-6-9/h4H,1,3,5-6,9-10H2,(H,11,12)/t8-/m0/s1. The molecule has 0 fully saturated rings. The lowest BCUT2D eigenvalue weighted by Crippen LogP contribution is -2.46. The van der Waals surface area contributed by atoms with Crippen LogP contribution in [0.15, 0.2) is 18.4 Å². The molecule has 0 aliphatic heterocycles. The second-order valence-electron chi connectivity index (χ2n) is 2.59. The molecule has 0 heterocycles. The molecule has 12 heavy (non-hydrogen) atoms. The summed E-state index contributed by atoms with van der Waals surface area (Å²) in [6.45, 7) is 3.71. The van der Waals surface area contributed by atoms with Crippen LogP contribution in [0.25, 0.3) is 0 Å². The van der Waals surface area contributed by atoms with Gasteiger partial charge in [0.2, 0.25) is 0 Å². The number of hydrogen-bond donors (Lipinski definition) is 3. The fraction of sp³-hybridized carbons (Fsp3) is 0.500. The van der Waals surface area contributed by atoms with Gasteiger partial charge in [0, 0.05) is 0 Å². The Balaban J connectivity index is 4.39. The average molecular weight is 170 g/mol. The van der Waals surface area contributed by atoms with E-state index >= 15 is 0 Å². The third-order valence-corrected chi connectivity index (χ3v) is 1.55. The first kappa shape index (κ1) is 10.9. The fourth-order valence-electron chi connectivity index (χ4n) is 0.818. The van der Waals surface area contributed by atoms with Crippen molar-refractivity contribution in [3.8, 4) is 0 Å². The second-order valence-corrected chi connectivity index (χ2v) is 2.59. The van der Waals surface area contributed by atoms with Crippen molar-refractivity contribution in [2.24, 2.45) is 11.5 Å². The zero-order valence-corrected chi connectivity index (χ0v) is 6.92. The third-order valence-electron chi connectivity index (χ3n) is 1.55. The van der Waals surface area contributed by atoms with Gasteiger partial charge >= 0.3 is 5.97 Å². The van der Waals surface area contributed by atoms with E-state index in [9.17, 15) is 4.79 Å². The number of hydrogen-bond acceptors (Lipinski definition) is 3. The topological polar surface area (TPSA) is 89.3 Å². The molecule has 0 spiro atoms. The van der Waals surface area contributed by atoms with Gasteiger partial charge in [-0.25, -0.2) is 4.79 Å². The Labute approximate surface area is 71.6 Å². The Morgan fingerprint density at radius 3 is 2.67 bits per heavy atom. The van der Waals surface area contributed by atoms with Gasteiger partial charge in [-0.05, 0) is 25.5 Å². The first-order valence-electron chi connectivity index (χ1n) is 3.66. The molecule has 68 valence electrons. The summed E-state index contributed by atoms with van der Waals surface area (Å²) in [6, 6.07) is 0. The van der Waals surface area contributed by atoms with E-state index in [2.05, 4.69) is 12.3 Å². The molecule has 0 radical (unpaired) electrons. The van der Waals surface area contributed by atoms with Crippen LogP contribution < -0.4 is 11.5 Å². The summed E-state index contributed by atoms with van der Waals surface area (Å²) < 4.78 is 0. The number of aliphatic carboxylic acids is 1. The first-order chi connectivity index (χ1) is 5.56. The minimum absolute atomic E-state index is 0.307. The van der Waals surface area contributed by atoms with Gasteiger partial charge in [0.15, 0.2) is 0 Å². The van der Waals surface area contributed by atoms with Crippen LogP contribution in [0.1, 0.15) is 12.8 Å². The molecule has 5 N–H and O–H groups in total. The second kappa shape index (κ2) is 4.72. The molecular weight excluding hydrogens is 156 g/mol. The molecule has 0 amide bonds. The van der Waals surface area contributed by atoms with Crippen molar-refractivity contribution >= 4 is 5.97 Å². The van der Waals surface area contributed by atoms with Crippen LogP contribution in [0.4, 0.5) is 0 Å². The first-order valence-corrected chi connectivity index (χ1v) is 3.66. The van der Waals surface area contributed by atoms with E-state index < -0.39 is 11.5 Å². The van der Waals surface area contributed by atoms with Crippen molar-refractivity contribution in [1.82, 2.24) is 0 Å². The van der Waals surface area contributed by atoms with Gasteiger partial charge in [-0.2, -0.15) is 0 Å². The lowest BCUT2D eigenvalue weighted by atomic mass is 9.95. The van der Waals surface area contributed by atoms with Crippen LogP contribution in [0, 0.1) is 0 Å². The van der Waals surface area contributed by atoms with Gasteiger partial charge in [0.1, 0.15) is 5.54 Å². The molecule has 0 bridgehead atoms. The molecule has 0 aromatic carbocycles. The molecule has 0 rings (SSSR count). The maximum absolute atomic E-state index is 10.7. The van der Waals surface area contributed by atoms with Gasteiger partial charge in [0.25, 0.3) is 0 Å². The normalized spacial score (nSPS) is 14.5. The predicted molar refractivity (Wildman–Crippen MR) is 46.6 cm³/mol. The Hall–Kier alpha value is -1.09. The number of carbonyl (C=O) groups is 1. The minimum atomic E-state index is -1.36. The highest BCUT2D eigenvalue weighted by Crippen LogP contribution is 2.10. The summed E-state index contributed by atoms with van der Waals surface area (Å²) in [5, 5.41) is 8.73. The van der Waals surface area contributed by atoms with Crippen molar-refractivity contribution < 1.29 is 9.90 Å². The summed E-state index contributed by atoms with van der Waals surface area (Å²) in [7, 11) is 0. The zero-order valence-electron chi connectivity index (χ0n) is 6.92. The van der Waals surface area contributed by atoms with Crippen LogP contribution in [-0.4, -0.2) is 23.2 Å². The number of nitrogens with two attached hydrogens (primary N) is 2. The van der Waals surface area contributed by atoms with E-state index in [4.69, 9.17) is 16.6 Å². The molecule has 4 heteroatoms. The minimum Gasteiger partial charge on any atom is -0.480 e. The molecule has 0 unspecified atom stereocenters. The summed E-state index contributed by atoms with van der Waals surface area (Å²) in [4.78, 5) is 10.7. The Morgan fingerprint density at radius 1 is 1.75 bits per heavy atom. The maximum atomic E-state index is 10.7. The molecule has 0 aliphatic rings. The smallest absolute Gasteiger partial charge is 0.328 e. The largest absolute Gasteiger partial charge is 0.480 e. The SMILES string of the molecule is C=C=C[C@](N)(CCCN)C(=O)O. The van der Waals surface area contributed by atoms with Crippen molar-refractivity contribution in [3.63, 3.8) is 0 Å². The summed E-state index contributed by atoms with van der Waals surface area (Å²) in [5.41, 5.74) is 11.8. The number of carboxylic acid groups (broad SMARTS) is 1. The van der Waals surface area contributed by atoms with Gasteiger partial charge in [-0.1, -0.05) is 6.58 Å². The van der Waals surface area contributed by atoms with E-state index in [0.29, 0.717) is 19.4 Å². The van der Waals surface area contributed by atoms with E-state index in [1.54, 1.807) is 0 Å². The van der Waals surface area contributed by atoms with Gasteiger partial charge < -0.3 is 16.6 Å². The highest BCUT2D eigenvalue weighted by Gasteiger charge is 2.29. The number of carboxylic acids is 1. The quantitative estimate of drug-likeness (QED) is 0.500. The van der Waals surface area contributed by atoms with Crippen LogP contribution in [0.2, 0.25) is 0 Å². The van der Waals surface area contributed by atoms with E-state index in [1.807, 2.05) is 0 Å². The van der Waals surface area contributed by atoms with Gasteiger partial charge in [-0.3, -0.25) is 0 Å². The number of rotatable bonds is 5. The van der Waals surface area contributed by atoms with Crippen LogP contribution in [-0.2, 0) is 4.79 Å². The fourth-order valence-corrected chi connectivity index (χ4v) is 0.818. The van der Waals surface area contributed by atoms with Crippen LogP contribution in [0.5, 0.6) is 0 Å². The van der Waals surface area contributed by atoms with E-state index in [0.717, 1.165) is 0 Å². The zero-order chi connectivity index (χ0) is 9.61. The van der Waals surface area contributed by atoms with E-state index in [-0.39, 0.29) is 0 Å². The lowest BCUT2D eigenvalue weighted by molar-refractivity contribution is -0.141. The van der Waals surface area contributed by atoms with Gasteiger partial charge in [-0.15, -0.1) is 5.73 Å². The highest BCUT2D eigenvalue weighted by atomic mass is 16.4. The molecule has 4 nitrogen and oxygen atoms in total. The van der Waals surface area contributed by atoms with Crippen molar-refractivity contribution in [2.45, 2.75) is 18.4 Å². The third kappa shape index (κ3) is 2.88. The van der Waals surface area contributed by atoms with Crippen molar-refractivity contribution in [2.75, 3.05) is 6.54 Å². The average Bonchev–Trinajstić information content (AvgIpc) is 2.01. The van der Waals surface area contributed by atoms with E-state index in [1.165, 1.54) is 6.08 Å². The summed E-state index contributed by atoms with van der Waals surface area (Å²) in [5.74, 6) is -1.08. The monoisotopic (exact) mass is 170 g/mol. The predicted octanol–water partition coefficient (Wildman–Crippen LogP) is -0.151. The van der Waals surface area contributed by atoms with Gasteiger partial charge in [0.05, 0.1) is 0 Å². The molecule has 0 saturated carbocycles. The molecule has 0 aromatic rings.